The molecular weight excluding hydrogens is 216 g/mol. The van der Waals surface area contributed by atoms with Crippen LogP contribution in [0.4, 0.5) is 0 Å². The van der Waals surface area contributed by atoms with Crippen LogP contribution in [-0.2, 0) is 9.53 Å². The van der Waals surface area contributed by atoms with Crippen LogP contribution in [0.1, 0.15) is 25.0 Å². The van der Waals surface area contributed by atoms with Crippen LogP contribution in [0, 0.1) is 0 Å². The van der Waals surface area contributed by atoms with Crippen LogP contribution in [0.2, 0.25) is 0 Å². The molecule has 1 aromatic rings. The highest BCUT2D eigenvalue weighted by Gasteiger charge is 2.27. The van der Waals surface area contributed by atoms with Crippen molar-refractivity contribution in [3.05, 3.63) is 30.1 Å². The number of carbonyl (C=O) groups is 1. The molecule has 1 saturated heterocycles. The number of amides is 1. The van der Waals surface area contributed by atoms with E-state index >= 15 is 0 Å². The smallest absolute Gasteiger partial charge is 0.248 e. The molecule has 4 nitrogen and oxygen atoms in total. The predicted octanol–water partition coefficient (Wildman–Crippen LogP) is 1.43. The molecule has 0 saturated carbocycles. The number of ether oxygens (including phenoxy) is 1. The van der Waals surface area contributed by atoms with Crippen molar-refractivity contribution in [2.45, 2.75) is 19.3 Å². The minimum atomic E-state index is 0.0882. The van der Waals surface area contributed by atoms with Gasteiger partial charge in [-0.15, -0.1) is 0 Å². The first kappa shape index (κ1) is 12.0. The summed E-state index contributed by atoms with van der Waals surface area (Å²) in [4.78, 5) is 18.0. The highest BCUT2D eigenvalue weighted by Crippen LogP contribution is 2.25. The second-order valence-corrected chi connectivity index (χ2v) is 4.22. The largest absolute Gasteiger partial charge is 0.372 e. The zero-order chi connectivity index (χ0) is 12.1. The summed E-state index contributed by atoms with van der Waals surface area (Å²) in [6.07, 6.45) is 2.80. The van der Waals surface area contributed by atoms with E-state index in [9.17, 15) is 4.79 Å². The lowest BCUT2D eigenvalue weighted by Crippen LogP contribution is -2.31. The average Bonchev–Trinajstić information content (AvgIpc) is 2.86. The number of nitrogens with zero attached hydrogens (tertiary/aromatic N) is 2. The van der Waals surface area contributed by atoms with Crippen LogP contribution < -0.4 is 0 Å². The Balaban J connectivity index is 1.89. The third-order valence-electron chi connectivity index (χ3n) is 3.08. The molecule has 1 fully saturated rings. The Labute approximate surface area is 102 Å². The standard InChI is InChI=1S/C13H18N2O2/c1-2-17-10-13(16)15-8-6-11(9-15)12-5-3-4-7-14-12/h3-5,7,11H,2,6,8-10H2,1H3/t11-/m0/s1. The van der Waals surface area contributed by atoms with Crippen LogP contribution >= 0.6 is 0 Å². The van der Waals surface area contributed by atoms with E-state index in [1.54, 1.807) is 6.20 Å². The molecule has 0 unspecified atom stereocenters. The van der Waals surface area contributed by atoms with Gasteiger partial charge in [0.1, 0.15) is 6.61 Å². The lowest BCUT2D eigenvalue weighted by Gasteiger charge is -2.16. The summed E-state index contributed by atoms with van der Waals surface area (Å²) in [7, 11) is 0. The van der Waals surface area contributed by atoms with Crippen molar-refractivity contribution in [3.8, 4) is 0 Å². The Morgan fingerprint density at radius 3 is 3.18 bits per heavy atom. The van der Waals surface area contributed by atoms with Crippen LogP contribution in [0.3, 0.4) is 0 Å². The van der Waals surface area contributed by atoms with Crippen LogP contribution in [0.15, 0.2) is 24.4 Å². The van der Waals surface area contributed by atoms with Gasteiger partial charge in [0.05, 0.1) is 0 Å². The van der Waals surface area contributed by atoms with Gasteiger partial charge in [-0.25, -0.2) is 0 Å². The molecule has 2 rings (SSSR count). The minimum absolute atomic E-state index is 0.0882. The molecule has 4 heteroatoms. The van der Waals surface area contributed by atoms with Gasteiger partial charge in [0.15, 0.2) is 0 Å². The van der Waals surface area contributed by atoms with E-state index in [0.29, 0.717) is 12.5 Å². The van der Waals surface area contributed by atoms with Gasteiger partial charge in [-0.2, -0.15) is 0 Å². The predicted molar refractivity (Wildman–Crippen MR) is 64.7 cm³/mol. The average molecular weight is 234 g/mol. The highest BCUT2D eigenvalue weighted by atomic mass is 16.5. The van der Waals surface area contributed by atoms with E-state index in [4.69, 9.17) is 4.74 Å². The van der Waals surface area contributed by atoms with Crippen molar-refractivity contribution >= 4 is 5.91 Å². The fourth-order valence-corrected chi connectivity index (χ4v) is 2.13. The molecule has 1 amide bonds. The van der Waals surface area contributed by atoms with Gasteiger partial charge in [0, 0.05) is 37.5 Å². The molecule has 0 N–H and O–H groups in total. The fraction of sp³-hybridized carbons (Fsp3) is 0.538. The Morgan fingerprint density at radius 1 is 1.59 bits per heavy atom. The van der Waals surface area contributed by atoms with Crippen molar-refractivity contribution in [2.24, 2.45) is 0 Å². The summed E-state index contributed by atoms with van der Waals surface area (Å²) in [6, 6.07) is 5.94. The van der Waals surface area contributed by atoms with Crippen molar-refractivity contribution in [2.75, 3.05) is 26.3 Å². The fourth-order valence-electron chi connectivity index (χ4n) is 2.13. The number of likely N-dealkylation sites (tertiary alicyclic amines) is 1. The molecule has 17 heavy (non-hydrogen) atoms. The number of hydrogen-bond donors (Lipinski definition) is 0. The Kier molecular flexibility index (Phi) is 4.09. The SMILES string of the molecule is CCOCC(=O)N1CC[C@H](c2ccccn2)C1. The van der Waals surface area contributed by atoms with Crippen molar-refractivity contribution < 1.29 is 9.53 Å². The number of aromatic nitrogens is 1. The topological polar surface area (TPSA) is 42.4 Å². The van der Waals surface area contributed by atoms with Gasteiger partial charge < -0.3 is 9.64 Å². The van der Waals surface area contributed by atoms with Gasteiger partial charge in [-0.05, 0) is 25.5 Å². The minimum Gasteiger partial charge on any atom is -0.372 e. The van der Waals surface area contributed by atoms with Gasteiger partial charge in [-0.1, -0.05) is 6.07 Å². The Morgan fingerprint density at radius 2 is 2.47 bits per heavy atom. The number of hydrogen-bond acceptors (Lipinski definition) is 3. The monoisotopic (exact) mass is 234 g/mol. The second-order valence-electron chi connectivity index (χ2n) is 4.22. The van der Waals surface area contributed by atoms with Crippen molar-refractivity contribution in [1.82, 2.24) is 9.88 Å². The molecule has 1 aliphatic heterocycles. The first-order chi connectivity index (χ1) is 8.31. The first-order valence-electron chi connectivity index (χ1n) is 6.07. The summed E-state index contributed by atoms with van der Waals surface area (Å²) in [6.45, 7) is 4.26. The summed E-state index contributed by atoms with van der Waals surface area (Å²) < 4.78 is 5.14. The van der Waals surface area contributed by atoms with E-state index in [1.165, 1.54) is 0 Å². The van der Waals surface area contributed by atoms with Gasteiger partial charge in [0.2, 0.25) is 5.91 Å². The van der Waals surface area contributed by atoms with Gasteiger partial charge >= 0.3 is 0 Å². The molecule has 1 atom stereocenters. The molecule has 0 radical (unpaired) electrons. The molecule has 0 bridgehead atoms. The molecular formula is C13H18N2O2. The molecule has 1 aromatic heterocycles. The van der Waals surface area contributed by atoms with E-state index in [2.05, 4.69) is 4.98 Å². The van der Waals surface area contributed by atoms with E-state index in [0.717, 1.165) is 25.2 Å². The molecule has 92 valence electrons. The maximum absolute atomic E-state index is 11.8. The molecule has 0 aromatic carbocycles. The van der Waals surface area contributed by atoms with Gasteiger partial charge in [0.25, 0.3) is 0 Å². The highest BCUT2D eigenvalue weighted by molar-refractivity contribution is 5.77. The number of carbonyl (C=O) groups excluding carboxylic acids is 1. The molecule has 0 aliphatic carbocycles. The lowest BCUT2D eigenvalue weighted by molar-refractivity contribution is -0.134. The normalized spacial score (nSPS) is 19.6. The second kappa shape index (κ2) is 5.77. The summed E-state index contributed by atoms with van der Waals surface area (Å²) >= 11 is 0. The maximum atomic E-state index is 11.8. The maximum Gasteiger partial charge on any atom is 0.248 e. The van der Waals surface area contributed by atoms with Gasteiger partial charge in [-0.3, -0.25) is 9.78 Å². The molecule has 0 spiro atoms. The number of rotatable bonds is 4. The summed E-state index contributed by atoms with van der Waals surface area (Å²) in [5, 5.41) is 0. The van der Waals surface area contributed by atoms with E-state index in [-0.39, 0.29) is 12.5 Å². The Hall–Kier alpha value is -1.42. The van der Waals surface area contributed by atoms with Crippen molar-refractivity contribution in [3.63, 3.8) is 0 Å². The first-order valence-corrected chi connectivity index (χ1v) is 6.07. The molecule has 2 heterocycles. The van der Waals surface area contributed by atoms with E-state index < -0.39 is 0 Å². The lowest BCUT2D eigenvalue weighted by atomic mass is 10.0. The third-order valence-corrected chi connectivity index (χ3v) is 3.08. The van der Waals surface area contributed by atoms with Crippen LogP contribution in [-0.4, -0.2) is 42.1 Å². The zero-order valence-electron chi connectivity index (χ0n) is 10.1. The van der Waals surface area contributed by atoms with Crippen LogP contribution in [0.5, 0.6) is 0 Å². The quantitative estimate of drug-likeness (QED) is 0.791. The zero-order valence-corrected chi connectivity index (χ0v) is 10.1. The van der Waals surface area contributed by atoms with E-state index in [1.807, 2.05) is 30.0 Å². The summed E-state index contributed by atoms with van der Waals surface area (Å²) in [5.41, 5.74) is 1.08. The number of pyridine rings is 1. The van der Waals surface area contributed by atoms with Crippen molar-refractivity contribution in [1.29, 1.82) is 0 Å². The third kappa shape index (κ3) is 3.03. The summed E-state index contributed by atoms with van der Waals surface area (Å²) in [5.74, 6) is 0.465. The Bertz CT molecular complexity index is 367. The van der Waals surface area contributed by atoms with Crippen LogP contribution in [0.25, 0.3) is 0 Å². The molecule has 1 aliphatic rings.